The third kappa shape index (κ3) is 4.09. The number of hydrogen-bond acceptors (Lipinski definition) is 7. The number of aliphatic hydroxyl groups excluding tert-OH is 1. The Bertz CT molecular complexity index is 669. The molecule has 3 aliphatic rings. The molecule has 0 radical (unpaired) electrons. The molecule has 0 aliphatic carbocycles. The first-order valence-electron chi connectivity index (χ1n) is 9.33. The summed E-state index contributed by atoms with van der Waals surface area (Å²) < 4.78 is 17.0. The minimum atomic E-state index is -0.718. The van der Waals surface area contributed by atoms with Crippen LogP contribution in [0.3, 0.4) is 0 Å². The van der Waals surface area contributed by atoms with E-state index in [-0.39, 0.29) is 31.0 Å². The Kier molecular flexibility index (Phi) is 5.09. The van der Waals surface area contributed by atoms with E-state index >= 15 is 0 Å². The average Bonchev–Trinajstić information content (AvgIpc) is 3.19. The number of amides is 1. The predicted molar refractivity (Wildman–Crippen MR) is 94.4 cm³/mol. The Labute approximate surface area is 158 Å². The van der Waals surface area contributed by atoms with Crippen molar-refractivity contribution in [3.63, 3.8) is 0 Å². The zero-order chi connectivity index (χ0) is 19.0. The molecule has 148 valence electrons. The van der Waals surface area contributed by atoms with E-state index in [1.165, 1.54) is 0 Å². The van der Waals surface area contributed by atoms with Crippen molar-refractivity contribution in [1.29, 1.82) is 0 Å². The van der Waals surface area contributed by atoms with Crippen molar-refractivity contribution in [3.05, 3.63) is 35.9 Å². The van der Waals surface area contributed by atoms with Crippen LogP contribution in [-0.2, 0) is 25.7 Å². The van der Waals surface area contributed by atoms with Crippen LogP contribution in [0.5, 0.6) is 0 Å². The van der Waals surface area contributed by atoms with Gasteiger partial charge in [-0.3, -0.25) is 4.84 Å². The van der Waals surface area contributed by atoms with Gasteiger partial charge >= 0.3 is 6.09 Å². The molecule has 8 nitrogen and oxygen atoms in total. The summed E-state index contributed by atoms with van der Waals surface area (Å²) in [4.78, 5) is 17.8. The standard InChI is InChI=1S/C19H26N2O6/c1-19(2)25-16-14-8-13(27-21(14)10-15(22)17(16)26-19)9-20-18(23)24-11-12-6-4-3-5-7-12/h3-7,13-17,22H,8-11H2,1-2H3,(H,20,23)/t13-,14-,15+,16-,17+/m0/s1. The summed E-state index contributed by atoms with van der Waals surface area (Å²) in [6.07, 6.45) is -1.27. The Morgan fingerprint density at radius 3 is 2.81 bits per heavy atom. The second kappa shape index (κ2) is 7.37. The smallest absolute Gasteiger partial charge is 0.407 e. The maximum Gasteiger partial charge on any atom is 0.407 e. The molecule has 1 aromatic carbocycles. The molecule has 1 aromatic rings. The quantitative estimate of drug-likeness (QED) is 0.813. The molecule has 3 aliphatic heterocycles. The zero-order valence-electron chi connectivity index (χ0n) is 15.5. The molecule has 0 saturated carbocycles. The molecule has 0 aromatic heterocycles. The second-order valence-electron chi connectivity index (χ2n) is 7.70. The molecule has 3 heterocycles. The SMILES string of the molecule is CC1(C)O[C@@H]2[C@H](O1)[C@H](O)CN1O[C@H](CNC(=O)OCc3ccccc3)C[C@@H]21. The van der Waals surface area contributed by atoms with Crippen LogP contribution in [0.4, 0.5) is 4.79 Å². The van der Waals surface area contributed by atoms with E-state index in [1.807, 2.05) is 44.2 Å². The van der Waals surface area contributed by atoms with Gasteiger partial charge in [0.25, 0.3) is 0 Å². The van der Waals surface area contributed by atoms with Crippen molar-refractivity contribution in [1.82, 2.24) is 10.4 Å². The van der Waals surface area contributed by atoms with E-state index in [2.05, 4.69) is 5.32 Å². The van der Waals surface area contributed by atoms with Gasteiger partial charge in [0.2, 0.25) is 0 Å². The number of benzene rings is 1. The largest absolute Gasteiger partial charge is 0.445 e. The summed E-state index contributed by atoms with van der Waals surface area (Å²) in [5, 5.41) is 14.8. The van der Waals surface area contributed by atoms with E-state index in [0.717, 1.165) is 5.56 Å². The molecule has 4 rings (SSSR count). The van der Waals surface area contributed by atoms with E-state index in [0.29, 0.717) is 19.5 Å². The minimum Gasteiger partial charge on any atom is -0.445 e. The summed E-state index contributed by atoms with van der Waals surface area (Å²) in [5.41, 5.74) is 0.933. The topological polar surface area (TPSA) is 89.5 Å². The van der Waals surface area contributed by atoms with Gasteiger partial charge in [0.1, 0.15) is 18.8 Å². The van der Waals surface area contributed by atoms with Gasteiger partial charge in [-0.2, -0.15) is 5.06 Å². The van der Waals surface area contributed by atoms with Crippen LogP contribution in [0, 0.1) is 0 Å². The first-order chi connectivity index (χ1) is 12.9. The van der Waals surface area contributed by atoms with Crippen LogP contribution in [-0.4, -0.2) is 65.6 Å². The average molecular weight is 378 g/mol. The van der Waals surface area contributed by atoms with Crippen molar-refractivity contribution in [3.8, 4) is 0 Å². The Hall–Kier alpha value is -1.71. The van der Waals surface area contributed by atoms with Crippen LogP contribution in [0.2, 0.25) is 0 Å². The maximum atomic E-state index is 11.9. The van der Waals surface area contributed by atoms with Gasteiger partial charge in [-0.1, -0.05) is 30.3 Å². The fraction of sp³-hybridized carbons (Fsp3) is 0.632. The molecule has 0 spiro atoms. The molecule has 0 unspecified atom stereocenters. The number of alkyl carbamates (subject to hydrolysis) is 1. The predicted octanol–water partition coefficient (Wildman–Crippen LogP) is 1.18. The third-order valence-electron chi connectivity index (χ3n) is 5.13. The van der Waals surface area contributed by atoms with Gasteiger partial charge in [-0.15, -0.1) is 0 Å². The molecule has 3 fully saturated rings. The number of rotatable bonds is 4. The van der Waals surface area contributed by atoms with Crippen molar-refractivity contribution in [2.24, 2.45) is 0 Å². The number of ether oxygens (including phenoxy) is 3. The normalized spacial score (nSPS) is 34.7. The van der Waals surface area contributed by atoms with Gasteiger partial charge in [-0.05, 0) is 25.8 Å². The van der Waals surface area contributed by atoms with Crippen molar-refractivity contribution >= 4 is 6.09 Å². The van der Waals surface area contributed by atoms with Gasteiger partial charge in [0.15, 0.2) is 5.79 Å². The first kappa shape index (κ1) is 18.6. The first-order valence-corrected chi connectivity index (χ1v) is 9.33. The maximum absolute atomic E-state index is 11.9. The number of nitrogens with one attached hydrogen (secondary N) is 1. The van der Waals surface area contributed by atoms with Gasteiger partial charge < -0.3 is 24.6 Å². The van der Waals surface area contributed by atoms with Crippen LogP contribution >= 0.6 is 0 Å². The highest BCUT2D eigenvalue weighted by atomic mass is 16.8. The lowest BCUT2D eigenvalue weighted by molar-refractivity contribution is -0.215. The van der Waals surface area contributed by atoms with E-state index in [1.54, 1.807) is 5.06 Å². The van der Waals surface area contributed by atoms with E-state index in [9.17, 15) is 9.90 Å². The highest BCUT2D eigenvalue weighted by Crippen LogP contribution is 2.40. The Balaban J connectivity index is 1.26. The fourth-order valence-electron chi connectivity index (χ4n) is 3.97. The van der Waals surface area contributed by atoms with Crippen LogP contribution in [0.25, 0.3) is 0 Å². The third-order valence-corrected chi connectivity index (χ3v) is 5.13. The molecular formula is C19H26N2O6. The number of piperidine rings is 1. The number of fused-ring (bicyclic) bond motifs is 3. The Morgan fingerprint density at radius 1 is 1.30 bits per heavy atom. The molecular weight excluding hydrogens is 352 g/mol. The Morgan fingerprint density at radius 2 is 2.04 bits per heavy atom. The molecule has 2 N–H and O–H groups in total. The zero-order valence-corrected chi connectivity index (χ0v) is 15.5. The monoisotopic (exact) mass is 378 g/mol. The lowest BCUT2D eigenvalue weighted by atomic mass is 9.93. The van der Waals surface area contributed by atoms with E-state index in [4.69, 9.17) is 19.0 Å². The summed E-state index contributed by atoms with van der Waals surface area (Å²) >= 11 is 0. The molecule has 27 heavy (non-hydrogen) atoms. The summed E-state index contributed by atoms with van der Waals surface area (Å²) in [5.74, 6) is -0.718. The lowest BCUT2D eigenvalue weighted by Crippen LogP contribution is -2.57. The molecule has 1 amide bonds. The molecule has 8 heteroatoms. The number of carbonyl (C=O) groups excluding carboxylic acids is 1. The molecule has 3 saturated heterocycles. The van der Waals surface area contributed by atoms with Gasteiger partial charge in [0.05, 0.1) is 24.8 Å². The number of hydrogen-bond donors (Lipinski definition) is 2. The van der Waals surface area contributed by atoms with Gasteiger partial charge in [0, 0.05) is 6.54 Å². The van der Waals surface area contributed by atoms with Crippen molar-refractivity contribution in [2.45, 2.75) is 63.1 Å². The van der Waals surface area contributed by atoms with Crippen LogP contribution in [0.1, 0.15) is 25.8 Å². The summed E-state index contributed by atoms with van der Waals surface area (Å²) in [6.45, 7) is 4.61. The van der Waals surface area contributed by atoms with Crippen molar-refractivity contribution < 1.29 is 28.9 Å². The summed E-state index contributed by atoms with van der Waals surface area (Å²) in [6, 6.07) is 9.51. The minimum absolute atomic E-state index is 0.00712. The number of nitrogens with zero attached hydrogens (tertiary/aromatic N) is 1. The van der Waals surface area contributed by atoms with Crippen molar-refractivity contribution in [2.75, 3.05) is 13.1 Å². The highest BCUT2D eigenvalue weighted by Gasteiger charge is 2.56. The highest BCUT2D eigenvalue weighted by molar-refractivity contribution is 5.67. The van der Waals surface area contributed by atoms with E-state index < -0.39 is 18.0 Å². The number of aliphatic hydroxyl groups is 1. The fourth-order valence-corrected chi connectivity index (χ4v) is 3.97. The molecule has 5 atom stereocenters. The number of hydroxylamine groups is 2. The number of carbonyl (C=O) groups is 1. The second-order valence-corrected chi connectivity index (χ2v) is 7.70. The lowest BCUT2D eigenvalue weighted by Gasteiger charge is -2.37. The van der Waals surface area contributed by atoms with Crippen LogP contribution < -0.4 is 5.32 Å². The summed E-state index contributed by atoms with van der Waals surface area (Å²) in [7, 11) is 0. The van der Waals surface area contributed by atoms with Crippen LogP contribution in [0.15, 0.2) is 30.3 Å². The van der Waals surface area contributed by atoms with Gasteiger partial charge in [-0.25, -0.2) is 4.79 Å². The molecule has 0 bridgehead atoms.